The van der Waals surface area contributed by atoms with Crippen LogP contribution < -0.4 is 0 Å². The van der Waals surface area contributed by atoms with Crippen molar-refractivity contribution in [3.63, 3.8) is 0 Å². The molecule has 1 aliphatic carbocycles. The molecule has 326 valence electrons. The standard InChI is InChI=1S/C63H44N6/c1-63(2)55-30-18-17-27-49(55)52-39-53-54(40-56(52)63)58(41-31-33-46(34-32-41)62-67-64-59(43-19-7-3-8-20-43)68(62)47-25-13-6-14-26-47)51-29-16-15-28-50(51)57(53)42-35-37-48(38-36-42)69-60(44-21-9-4-10-22-44)65-66-61(69)45-23-11-5-12-24-45/h3-40H,1-2H3. The minimum atomic E-state index is -0.182. The van der Waals surface area contributed by atoms with Crippen molar-refractivity contribution < 1.29 is 0 Å². The summed E-state index contributed by atoms with van der Waals surface area (Å²) in [6.07, 6.45) is 0. The maximum atomic E-state index is 4.83. The van der Waals surface area contributed by atoms with Crippen molar-refractivity contribution in [3.05, 3.63) is 242 Å². The smallest absolute Gasteiger partial charge is 0.168 e. The Labute approximate surface area is 400 Å². The van der Waals surface area contributed by atoms with E-state index in [2.05, 4.69) is 193 Å². The van der Waals surface area contributed by atoms with E-state index in [1.54, 1.807) is 0 Å². The first-order valence-corrected chi connectivity index (χ1v) is 23.5. The van der Waals surface area contributed by atoms with Crippen LogP contribution in [0.25, 0.3) is 112 Å². The van der Waals surface area contributed by atoms with Gasteiger partial charge in [0, 0.05) is 39.0 Å². The van der Waals surface area contributed by atoms with E-state index in [0.717, 1.165) is 68.1 Å². The van der Waals surface area contributed by atoms with Crippen molar-refractivity contribution in [1.82, 2.24) is 29.5 Å². The van der Waals surface area contributed by atoms with E-state index in [1.807, 2.05) is 60.7 Å². The molecule has 13 rings (SSSR count). The van der Waals surface area contributed by atoms with Gasteiger partial charge in [0.25, 0.3) is 0 Å². The molecule has 12 aromatic rings. The number of hydrogen-bond donors (Lipinski definition) is 0. The van der Waals surface area contributed by atoms with Gasteiger partial charge in [0.2, 0.25) is 0 Å². The average molecular weight is 885 g/mol. The van der Waals surface area contributed by atoms with Crippen molar-refractivity contribution in [3.8, 4) is 90.3 Å². The molecule has 0 saturated heterocycles. The van der Waals surface area contributed by atoms with E-state index >= 15 is 0 Å². The Morgan fingerprint density at radius 2 is 0.652 bits per heavy atom. The van der Waals surface area contributed by atoms with Crippen molar-refractivity contribution in [2.24, 2.45) is 0 Å². The Hall–Kier alpha value is -9.00. The maximum Gasteiger partial charge on any atom is 0.168 e. The summed E-state index contributed by atoms with van der Waals surface area (Å²) >= 11 is 0. The van der Waals surface area contributed by atoms with Crippen LogP contribution in [0.2, 0.25) is 0 Å². The molecule has 2 heterocycles. The molecule has 0 aliphatic heterocycles. The van der Waals surface area contributed by atoms with Gasteiger partial charge in [-0.1, -0.05) is 208 Å². The summed E-state index contributed by atoms with van der Waals surface area (Å²) in [7, 11) is 0. The molecule has 0 radical (unpaired) electrons. The molecule has 10 aromatic carbocycles. The number of para-hydroxylation sites is 1. The second-order valence-electron chi connectivity index (χ2n) is 18.3. The second-order valence-corrected chi connectivity index (χ2v) is 18.3. The van der Waals surface area contributed by atoms with Crippen molar-refractivity contribution >= 4 is 21.5 Å². The number of rotatable bonds is 8. The van der Waals surface area contributed by atoms with E-state index in [-0.39, 0.29) is 5.41 Å². The van der Waals surface area contributed by atoms with E-state index in [1.165, 1.54) is 54.9 Å². The highest BCUT2D eigenvalue weighted by molar-refractivity contribution is 6.22. The summed E-state index contributed by atoms with van der Waals surface area (Å²) in [4.78, 5) is 0. The van der Waals surface area contributed by atoms with Gasteiger partial charge in [0.05, 0.1) is 0 Å². The summed E-state index contributed by atoms with van der Waals surface area (Å²) in [5.74, 6) is 3.18. The molecule has 0 N–H and O–H groups in total. The van der Waals surface area contributed by atoms with Gasteiger partial charge in [-0.05, 0) is 102 Å². The van der Waals surface area contributed by atoms with Crippen LogP contribution in [-0.4, -0.2) is 29.5 Å². The average Bonchev–Trinajstić information content (AvgIpc) is 4.12. The minimum absolute atomic E-state index is 0.182. The van der Waals surface area contributed by atoms with Crippen LogP contribution in [-0.2, 0) is 5.41 Å². The lowest BCUT2D eigenvalue weighted by atomic mass is 9.79. The minimum Gasteiger partial charge on any atom is -0.275 e. The first-order valence-electron chi connectivity index (χ1n) is 23.5. The zero-order valence-corrected chi connectivity index (χ0v) is 38.1. The molecule has 6 nitrogen and oxygen atoms in total. The Morgan fingerprint density at radius 1 is 0.290 bits per heavy atom. The van der Waals surface area contributed by atoms with Crippen molar-refractivity contribution in [2.75, 3.05) is 0 Å². The fraction of sp³-hybridized carbons (Fsp3) is 0.0476. The van der Waals surface area contributed by atoms with Crippen LogP contribution in [0, 0.1) is 0 Å². The van der Waals surface area contributed by atoms with E-state index in [0.29, 0.717) is 0 Å². The Morgan fingerprint density at radius 3 is 1.14 bits per heavy atom. The quantitative estimate of drug-likeness (QED) is 0.143. The fourth-order valence-corrected chi connectivity index (χ4v) is 10.7. The number of nitrogens with zero attached hydrogens (tertiary/aromatic N) is 6. The number of aromatic nitrogens is 6. The third-order valence-corrected chi connectivity index (χ3v) is 14.0. The van der Waals surface area contributed by atoms with Crippen molar-refractivity contribution in [2.45, 2.75) is 19.3 Å². The highest BCUT2D eigenvalue weighted by atomic mass is 15.3. The fourth-order valence-electron chi connectivity index (χ4n) is 10.7. The third-order valence-electron chi connectivity index (χ3n) is 14.0. The van der Waals surface area contributed by atoms with E-state index in [4.69, 9.17) is 20.4 Å². The van der Waals surface area contributed by atoms with Gasteiger partial charge in [0.15, 0.2) is 23.3 Å². The lowest BCUT2D eigenvalue weighted by Gasteiger charge is -2.24. The number of fused-ring (bicyclic) bond motifs is 5. The second kappa shape index (κ2) is 16.1. The van der Waals surface area contributed by atoms with Gasteiger partial charge in [-0.25, -0.2) is 0 Å². The van der Waals surface area contributed by atoms with Crippen LogP contribution in [0.3, 0.4) is 0 Å². The molecule has 0 amide bonds. The van der Waals surface area contributed by atoms with Crippen LogP contribution >= 0.6 is 0 Å². The summed E-state index contributed by atoms with van der Waals surface area (Å²) in [5, 5.41) is 23.9. The highest BCUT2D eigenvalue weighted by Gasteiger charge is 2.36. The van der Waals surface area contributed by atoms with Gasteiger partial charge in [-0.3, -0.25) is 9.13 Å². The zero-order valence-electron chi connectivity index (χ0n) is 38.1. The Bertz CT molecular complexity index is 3820. The van der Waals surface area contributed by atoms with Crippen LogP contribution in [0.15, 0.2) is 231 Å². The zero-order chi connectivity index (χ0) is 46.1. The molecule has 1 aliphatic rings. The highest BCUT2D eigenvalue weighted by Crippen LogP contribution is 2.53. The predicted molar refractivity (Wildman–Crippen MR) is 281 cm³/mol. The largest absolute Gasteiger partial charge is 0.275 e. The van der Waals surface area contributed by atoms with Gasteiger partial charge in [-0.2, -0.15) is 0 Å². The number of hydrogen-bond acceptors (Lipinski definition) is 4. The van der Waals surface area contributed by atoms with Gasteiger partial charge < -0.3 is 0 Å². The van der Waals surface area contributed by atoms with Crippen LogP contribution in [0.5, 0.6) is 0 Å². The normalized spacial score (nSPS) is 12.6. The van der Waals surface area contributed by atoms with Gasteiger partial charge in [-0.15, -0.1) is 20.4 Å². The monoisotopic (exact) mass is 884 g/mol. The first kappa shape index (κ1) is 40.3. The molecule has 0 saturated carbocycles. The van der Waals surface area contributed by atoms with Gasteiger partial charge >= 0.3 is 0 Å². The molecular weight excluding hydrogens is 841 g/mol. The van der Waals surface area contributed by atoms with Crippen LogP contribution in [0.4, 0.5) is 0 Å². The molecule has 0 atom stereocenters. The van der Waals surface area contributed by atoms with Crippen LogP contribution in [0.1, 0.15) is 25.0 Å². The molecular formula is C63H44N6. The van der Waals surface area contributed by atoms with E-state index in [9.17, 15) is 0 Å². The summed E-state index contributed by atoms with van der Waals surface area (Å²) in [5.41, 5.74) is 15.8. The summed E-state index contributed by atoms with van der Waals surface area (Å²) in [6.45, 7) is 4.73. The first-order chi connectivity index (χ1) is 34.0. The third kappa shape index (κ3) is 6.56. The predicted octanol–water partition coefficient (Wildman–Crippen LogP) is 15.5. The number of benzene rings is 10. The summed E-state index contributed by atoms with van der Waals surface area (Å²) in [6, 6.07) is 82.0. The maximum absolute atomic E-state index is 4.83. The Kier molecular flexibility index (Phi) is 9.41. The summed E-state index contributed by atoms with van der Waals surface area (Å²) < 4.78 is 4.33. The Balaban J connectivity index is 1.01. The van der Waals surface area contributed by atoms with E-state index < -0.39 is 0 Å². The molecule has 6 heteroatoms. The topological polar surface area (TPSA) is 61.4 Å². The molecule has 0 unspecified atom stereocenters. The molecule has 0 bridgehead atoms. The molecule has 0 fully saturated rings. The lowest BCUT2D eigenvalue weighted by molar-refractivity contribution is 0.661. The SMILES string of the molecule is CC1(C)c2ccccc2-c2cc3c(-c4ccc(-n5c(-c6ccccc6)nnc5-c5ccccc5)cc4)c4ccccc4c(-c4ccc(-c5nnc(-c6ccccc6)n5-c5ccccc5)cc4)c3cc21. The lowest BCUT2D eigenvalue weighted by Crippen LogP contribution is -2.14. The molecule has 0 spiro atoms. The van der Waals surface area contributed by atoms with Crippen molar-refractivity contribution in [1.29, 1.82) is 0 Å². The molecule has 2 aromatic heterocycles. The van der Waals surface area contributed by atoms with Gasteiger partial charge in [0.1, 0.15) is 0 Å². The molecule has 69 heavy (non-hydrogen) atoms.